The maximum absolute atomic E-state index is 12.8. The number of unbranched alkanes of at least 4 members (excludes halogenated alkanes) is 26. The summed E-state index contributed by atoms with van der Waals surface area (Å²) in [6.07, 6.45) is 67.5. The highest BCUT2D eigenvalue weighted by atomic mass is 16.6. The lowest BCUT2D eigenvalue weighted by molar-refractivity contribution is -0.167. The number of hydrogen-bond donors (Lipinski definition) is 0. The summed E-state index contributed by atoms with van der Waals surface area (Å²) in [6, 6.07) is 0. The van der Waals surface area contributed by atoms with Gasteiger partial charge in [-0.3, -0.25) is 14.4 Å². The van der Waals surface area contributed by atoms with E-state index >= 15 is 0 Å². The van der Waals surface area contributed by atoms with Gasteiger partial charge >= 0.3 is 17.9 Å². The Morgan fingerprint density at radius 3 is 1.02 bits per heavy atom. The highest BCUT2D eigenvalue weighted by Crippen LogP contribution is 2.15. The minimum Gasteiger partial charge on any atom is -0.462 e. The Kier molecular flexibility index (Phi) is 50.9. The molecule has 0 bridgehead atoms. The molecule has 6 heteroatoms. The molecular weight excluding hydrogens is 805 g/mol. The summed E-state index contributed by atoms with van der Waals surface area (Å²) in [4.78, 5) is 38.0. The molecule has 1 atom stereocenters. The zero-order valence-corrected chi connectivity index (χ0v) is 42.7. The molecule has 0 aromatic rings. The minimum atomic E-state index is -0.786. The Bertz CT molecular complexity index is 1230. The van der Waals surface area contributed by atoms with Crippen LogP contribution >= 0.6 is 0 Å². The SMILES string of the molecule is CC/C=C\C/C=C\C/C=C\C/C=C\CCCCCCCCC(=O)OCC(COC(=O)CCCCCCC/C=C\CCC)OC(=O)CCCCCCCCC/C=C\CCCCCCCCC. The summed E-state index contributed by atoms with van der Waals surface area (Å²) in [7, 11) is 0. The normalized spacial score (nSPS) is 12.6. The number of allylic oxidation sites excluding steroid dienone is 12. The van der Waals surface area contributed by atoms with Crippen molar-refractivity contribution in [3.05, 3.63) is 72.9 Å². The first-order valence-electron chi connectivity index (χ1n) is 27.4. The van der Waals surface area contributed by atoms with E-state index in [1.54, 1.807) is 0 Å². The molecule has 0 heterocycles. The molecule has 1 unspecified atom stereocenters. The topological polar surface area (TPSA) is 78.9 Å². The van der Waals surface area contributed by atoms with Gasteiger partial charge in [-0.05, 0) is 103 Å². The molecular formula is C59H102O6. The van der Waals surface area contributed by atoms with Crippen LogP contribution in [-0.2, 0) is 28.6 Å². The average molecular weight is 907 g/mol. The fourth-order valence-electron chi connectivity index (χ4n) is 7.55. The van der Waals surface area contributed by atoms with E-state index in [-0.39, 0.29) is 31.1 Å². The molecule has 374 valence electrons. The highest BCUT2D eigenvalue weighted by molar-refractivity contribution is 5.71. The van der Waals surface area contributed by atoms with Crippen molar-refractivity contribution >= 4 is 17.9 Å². The van der Waals surface area contributed by atoms with Crippen LogP contribution in [0, 0.1) is 0 Å². The highest BCUT2D eigenvalue weighted by Gasteiger charge is 2.19. The zero-order chi connectivity index (χ0) is 47.2. The van der Waals surface area contributed by atoms with Crippen molar-refractivity contribution in [1.82, 2.24) is 0 Å². The minimum absolute atomic E-state index is 0.0861. The molecule has 0 aliphatic rings. The van der Waals surface area contributed by atoms with E-state index in [0.717, 1.165) is 103 Å². The zero-order valence-electron chi connectivity index (χ0n) is 42.7. The van der Waals surface area contributed by atoms with Gasteiger partial charge in [0.25, 0.3) is 0 Å². The van der Waals surface area contributed by atoms with Gasteiger partial charge in [0.05, 0.1) is 0 Å². The second kappa shape index (κ2) is 53.5. The van der Waals surface area contributed by atoms with E-state index in [1.807, 2.05) is 0 Å². The largest absolute Gasteiger partial charge is 0.462 e. The Labute approximate surface area is 402 Å². The van der Waals surface area contributed by atoms with Gasteiger partial charge in [0.1, 0.15) is 13.2 Å². The molecule has 0 saturated heterocycles. The van der Waals surface area contributed by atoms with Crippen LogP contribution < -0.4 is 0 Å². The molecule has 0 spiro atoms. The van der Waals surface area contributed by atoms with E-state index in [4.69, 9.17) is 14.2 Å². The third kappa shape index (κ3) is 51.7. The molecule has 0 N–H and O–H groups in total. The van der Waals surface area contributed by atoms with Crippen LogP contribution in [0.2, 0.25) is 0 Å². The fourth-order valence-corrected chi connectivity index (χ4v) is 7.55. The Morgan fingerprint density at radius 1 is 0.323 bits per heavy atom. The van der Waals surface area contributed by atoms with Crippen LogP contribution in [0.1, 0.15) is 265 Å². The third-order valence-electron chi connectivity index (χ3n) is 11.6. The summed E-state index contributed by atoms with van der Waals surface area (Å²) >= 11 is 0. The van der Waals surface area contributed by atoms with Crippen LogP contribution in [0.5, 0.6) is 0 Å². The molecule has 0 aliphatic heterocycles. The quantitative estimate of drug-likeness (QED) is 0.0262. The maximum atomic E-state index is 12.8. The van der Waals surface area contributed by atoms with Crippen LogP contribution in [0.4, 0.5) is 0 Å². The van der Waals surface area contributed by atoms with Gasteiger partial charge in [-0.25, -0.2) is 0 Å². The van der Waals surface area contributed by atoms with E-state index in [2.05, 4.69) is 93.7 Å². The Balaban J connectivity index is 4.35. The number of carbonyl (C=O) groups excluding carboxylic acids is 3. The predicted molar refractivity (Wildman–Crippen MR) is 279 cm³/mol. The van der Waals surface area contributed by atoms with Crippen molar-refractivity contribution in [2.45, 2.75) is 271 Å². The average Bonchev–Trinajstić information content (AvgIpc) is 3.30. The molecule has 0 fully saturated rings. The number of carbonyl (C=O) groups is 3. The van der Waals surface area contributed by atoms with Gasteiger partial charge < -0.3 is 14.2 Å². The number of ether oxygens (including phenoxy) is 3. The van der Waals surface area contributed by atoms with Crippen molar-refractivity contribution in [2.24, 2.45) is 0 Å². The Morgan fingerprint density at radius 2 is 0.631 bits per heavy atom. The van der Waals surface area contributed by atoms with Crippen LogP contribution in [0.25, 0.3) is 0 Å². The smallest absolute Gasteiger partial charge is 0.306 e. The van der Waals surface area contributed by atoms with Gasteiger partial charge in [-0.15, -0.1) is 0 Å². The van der Waals surface area contributed by atoms with Gasteiger partial charge in [0, 0.05) is 19.3 Å². The first-order valence-corrected chi connectivity index (χ1v) is 27.4. The van der Waals surface area contributed by atoms with Crippen molar-refractivity contribution in [3.8, 4) is 0 Å². The molecule has 0 radical (unpaired) electrons. The number of rotatable bonds is 49. The van der Waals surface area contributed by atoms with E-state index < -0.39 is 6.10 Å². The Hall–Kier alpha value is -3.15. The van der Waals surface area contributed by atoms with Crippen LogP contribution in [-0.4, -0.2) is 37.2 Å². The number of esters is 3. The second-order valence-corrected chi connectivity index (χ2v) is 18.1. The molecule has 0 aliphatic carbocycles. The summed E-state index contributed by atoms with van der Waals surface area (Å²) < 4.78 is 16.8. The van der Waals surface area contributed by atoms with E-state index in [9.17, 15) is 14.4 Å². The van der Waals surface area contributed by atoms with Crippen molar-refractivity contribution in [1.29, 1.82) is 0 Å². The monoisotopic (exact) mass is 907 g/mol. The van der Waals surface area contributed by atoms with Gasteiger partial charge in [-0.2, -0.15) is 0 Å². The molecule has 0 saturated carbocycles. The van der Waals surface area contributed by atoms with Crippen molar-refractivity contribution in [2.75, 3.05) is 13.2 Å². The summed E-state index contributed by atoms with van der Waals surface area (Å²) in [6.45, 7) is 6.45. The molecule has 0 amide bonds. The fraction of sp³-hybridized carbons (Fsp3) is 0.746. The number of hydrogen-bond acceptors (Lipinski definition) is 6. The third-order valence-corrected chi connectivity index (χ3v) is 11.6. The maximum Gasteiger partial charge on any atom is 0.306 e. The predicted octanol–water partition coefficient (Wildman–Crippen LogP) is 18.2. The lowest BCUT2D eigenvalue weighted by Gasteiger charge is -2.18. The van der Waals surface area contributed by atoms with Crippen LogP contribution in [0.15, 0.2) is 72.9 Å². The molecule has 6 nitrogen and oxygen atoms in total. The van der Waals surface area contributed by atoms with Crippen LogP contribution in [0.3, 0.4) is 0 Å². The van der Waals surface area contributed by atoms with Gasteiger partial charge in [0.2, 0.25) is 0 Å². The standard InChI is InChI=1S/C59H102O6/c1-4-7-10-13-16-19-22-24-26-28-30-32-33-35-37-40-43-46-49-52-58(61)64-55-56(54-63-57(60)51-48-45-42-39-21-18-15-12-9-6-3)65-59(62)53-50-47-44-41-38-36-34-31-29-27-25-23-20-17-14-11-8-5-2/h7,10,12,15-16,19,24,26-27,29-30,32,56H,4-6,8-9,11,13-14,17-18,20-23,25,28,31,33-55H2,1-3H3/b10-7-,15-12-,19-16-,26-24-,29-27-,32-30-. The van der Waals surface area contributed by atoms with Crippen molar-refractivity contribution < 1.29 is 28.6 Å². The molecule has 0 aromatic carbocycles. The lowest BCUT2D eigenvalue weighted by Crippen LogP contribution is -2.30. The van der Waals surface area contributed by atoms with Gasteiger partial charge in [0.15, 0.2) is 6.10 Å². The summed E-state index contributed by atoms with van der Waals surface area (Å²) in [5.41, 5.74) is 0. The van der Waals surface area contributed by atoms with E-state index in [0.29, 0.717) is 19.3 Å². The summed E-state index contributed by atoms with van der Waals surface area (Å²) in [5.74, 6) is -0.910. The first-order chi connectivity index (χ1) is 32.0. The molecule has 0 aromatic heterocycles. The first kappa shape index (κ1) is 61.9. The van der Waals surface area contributed by atoms with Gasteiger partial charge in [-0.1, -0.05) is 216 Å². The molecule has 0 rings (SSSR count). The second-order valence-electron chi connectivity index (χ2n) is 18.1. The lowest BCUT2D eigenvalue weighted by atomic mass is 10.1. The molecule has 65 heavy (non-hydrogen) atoms. The van der Waals surface area contributed by atoms with Crippen molar-refractivity contribution in [3.63, 3.8) is 0 Å². The summed E-state index contributed by atoms with van der Waals surface area (Å²) in [5, 5.41) is 0. The van der Waals surface area contributed by atoms with E-state index in [1.165, 1.54) is 122 Å².